The maximum absolute atomic E-state index is 12.4. The molecule has 0 bridgehead atoms. The summed E-state index contributed by atoms with van der Waals surface area (Å²) < 4.78 is 50.4. The van der Waals surface area contributed by atoms with E-state index in [1.807, 2.05) is 0 Å². The molecule has 0 spiro atoms. The monoisotopic (exact) mass is 439 g/mol. The average Bonchev–Trinajstić information content (AvgIpc) is 2.70. The van der Waals surface area contributed by atoms with Crippen molar-refractivity contribution in [3.05, 3.63) is 53.9 Å². The number of rotatable bonds is 9. The molecule has 29 heavy (non-hydrogen) atoms. The van der Waals surface area contributed by atoms with Crippen LogP contribution in [0.25, 0.3) is 0 Å². The first-order valence-corrected chi connectivity index (χ1v) is 11.9. The Bertz CT molecular complexity index is 1100. The summed E-state index contributed by atoms with van der Waals surface area (Å²) in [7, 11) is -7.51. The van der Waals surface area contributed by atoms with Crippen molar-refractivity contribution in [3.63, 3.8) is 0 Å². The van der Waals surface area contributed by atoms with Gasteiger partial charge in [0, 0.05) is 12.5 Å². The minimum atomic E-state index is -3.96. The largest absolute Gasteiger partial charge is 0.342 e. The van der Waals surface area contributed by atoms with Crippen molar-refractivity contribution in [2.75, 3.05) is 6.26 Å². The standard InChI is InChI=1S/C18H21N3O6S2/c1-3-14(12-22)21-18(23)13-7-8-15(19-10-13)11-20-29(26,27)17-6-4-5-16(9-17)28(2,24)25/h4-10,12,14,20H,3,11H2,1-2H3,(H,21,23). The van der Waals surface area contributed by atoms with Crippen LogP contribution in [0.4, 0.5) is 0 Å². The van der Waals surface area contributed by atoms with Crippen LogP contribution < -0.4 is 10.0 Å². The number of carbonyl (C=O) groups is 2. The Morgan fingerprint density at radius 3 is 2.38 bits per heavy atom. The SMILES string of the molecule is CCC(C=O)NC(=O)c1ccc(CNS(=O)(=O)c2cccc(S(C)(=O)=O)c2)nc1. The number of nitrogens with one attached hydrogen (secondary N) is 2. The number of nitrogens with zero attached hydrogens (tertiary/aromatic N) is 1. The van der Waals surface area contributed by atoms with E-state index >= 15 is 0 Å². The molecule has 0 saturated carbocycles. The topological polar surface area (TPSA) is 139 Å². The smallest absolute Gasteiger partial charge is 0.253 e. The van der Waals surface area contributed by atoms with Gasteiger partial charge >= 0.3 is 0 Å². The van der Waals surface area contributed by atoms with Gasteiger partial charge in [-0.25, -0.2) is 21.6 Å². The molecule has 1 aromatic carbocycles. The lowest BCUT2D eigenvalue weighted by atomic mass is 10.2. The first kappa shape index (κ1) is 22.7. The van der Waals surface area contributed by atoms with Crippen LogP contribution in [0.15, 0.2) is 52.4 Å². The lowest BCUT2D eigenvalue weighted by Crippen LogP contribution is -2.35. The molecule has 2 aromatic rings. The molecule has 2 N–H and O–H groups in total. The highest BCUT2D eigenvalue weighted by Gasteiger charge is 2.17. The van der Waals surface area contributed by atoms with Crippen molar-refractivity contribution in [1.82, 2.24) is 15.0 Å². The molecule has 0 aliphatic rings. The molecule has 1 aromatic heterocycles. The van der Waals surface area contributed by atoms with Crippen molar-refractivity contribution in [2.45, 2.75) is 35.7 Å². The molecule has 0 aliphatic carbocycles. The zero-order valence-electron chi connectivity index (χ0n) is 15.8. The van der Waals surface area contributed by atoms with E-state index < -0.39 is 31.8 Å². The number of sulfone groups is 1. The summed E-state index contributed by atoms with van der Waals surface area (Å²) in [5.74, 6) is -0.457. The Balaban J connectivity index is 2.08. The third-order valence-electron chi connectivity index (χ3n) is 3.99. The van der Waals surface area contributed by atoms with Crippen LogP contribution in [0.5, 0.6) is 0 Å². The highest BCUT2D eigenvalue weighted by atomic mass is 32.2. The third-order valence-corrected chi connectivity index (χ3v) is 6.50. The minimum Gasteiger partial charge on any atom is -0.342 e. The van der Waals surface area contributed by atoms with Crippen LogP contribution in [0.3, 0.4) is 0 Å². The fourth-order valence-electron chi connectivity index (χ4n) is 2.27. The summed E-state index contributed by atoms with van der Waals surface area (Å²) in [4.78, 5) is 26.6. The quantitative estimate of drug-likeness (QED) is 0.547. The molecule has 2 rings (SSSR count). The second-order valence-electron chi connectivity index (χ2n) is 6.23. The molecule has 1 atom stereocenters. The molecule has 9 nitrogen and oxygen atoms in total. The predicted molar refractivity (Wildman–Crippen MR) is 105 cm³/mol. The summed E-state index contributed by atoms with van der Waals surface area (Å²) in [6.45, 7) is 1.61. The molecule has 1 unspecified atom stereocenters. The van der Waals surface area contributed by atoms with Crippen molar-refractivity contribution in [3.8, 4) is 0 Å². The number of amides is 1. The number of carbonyl (C=O) groups excluding carboxylic acids is 2. The molecule has 0 fully saturated rings. The lowest BCUT2D eigenvalue weighted by Gasteiger charge is -2.11. The molecule has 0 aliphatic heterocycles. The molecule has 1 heterocycles. The van der Waals surface area contributed by atoms with Gasteiger partial charge in [-0.15, -0.1) is 0 Å². The van der Waals surface area contributed by atoms with Gasteiger partial charge in [0.15, 0.2) is 9.84 Å². The number of pyridine rings is 1. The van der Waals surface area contributed by atoms with Crippen molar-refractivity contribution >= 4 is 32.1 Å². The van der Waals surface area contributed by atoms with Gasteiger partial charge in [-0.1, -0.05) is 13.0 Å². The number of sulfonamides is 1. The predicted octanol–water partition coefficient (Wildman–Crippen LogP) is 0.671. The van der Waals surface area contributed by atoms with Gasteiger partial charge in [0.2, 0.25) is 10.0 Å². The Morgan fingerprint density at radius 1 is 1.14 bits per heavy atom. The fraction of sp³-hybridized carbons (Fsp3) is 0.278. The van der Waals surface area contributed by atoms with Crippen LogP contribution in [0, 0.1) is 0 Å². The number of aldehydes is 1. The molecule has 0 saturated heterocycles. The van der Waals surface area contributed by atoms with Crippen molar-refractivity contribution in [2.24, 2.45) is 0 Å². The van der Waals surface area contributed by atoms with E-state index in [2.05, 4.69) is 15.0 Å². The van der Waals surface area contributed by atoms with E-state index in [-0.39, 0.29) is 21.9 Å². The molecule has 0 radical (unpaired) electrons. The molecule has 156 valence electrons. The highest BCUT2D eigenvalue weighted by Crippen LogP contribution is 2.16. The number of benzene rings is 1. The summed E-state index contributed by atoms with van der Waals surface area (Å²) in [5.41, 5.74) is 0.588. The first-order chi connectivity index (χ1) is 13.6. The Hall–Kier alpha value is -2.63. The lowest BCUT2D eigenvalue weighted by molar-refractivity contribution is -0.109. The van der Waals surface area contributed by atoms with Gasteiger partial charge in [0.25, 0.3) is 5.91 Å². The highest BCUT2D eigenvalue weighted by molar-refractivity contribution is 7.91. The van der Waals surface area contributed by atoms with Gasteiger partial charge in [-0.05, 0) is 36.8 Å². The van der Waals surface area contributed by atoms with Gasteiger partial charge in [-0.2, -0.15) is 0 Å². The van der Waals surface area contributed by atoms with Gasteiger partial charge in [0.05, 0.1) is 33.6 Å². The van der Waals surface area contributed by atoms with Crippen molar-refractivity contribution in [1.29, 1.82) is 0 Å². The Morgan fingerprint density at radius 2 is 1.83 bits per heavy atom. The van der Waals surface area contributed by atoms with E-state index in [0.717, 1.165) is 12.3 Å². The van der Waals surface area contributed by atoms with Gasteiger partial charge in [-0.3, -0.25) is 9.78 Å². The zero-order chi connectivity index (χ0) is 21.7. The van der Waals surface area contributed by atoms with Gasteiger partial charge in [0.1, 0.15) is 6.29 Å². The second-order valence-corrected chi connectivity index (χ2v) is 10.0. The molecular formula is C18H21N3O6S2. The third kappa shape index (κ3) is 6.17. The first-order valence-electron chi connectivity index (χ1n) is 8.57. The van der Waals surface area contributed by atoms with Crippen molar-refractivity contribution < 1.29 is 26.4 Å². The fourth-order valence-corrected chi connectivity index (χ4v) is 4.06. The van der Waals surface area contributed by atoms with E-state index in [0.29, 0.717) is 18.4 Å². The zero-order valence-corrected chi connectivity index (χ0v) is 17.5. The summed E-state index contributed by atoms with van der Waals surface area (Å²) in [6, 6.07) is 7.38. The van der Waals surface area contributed by atoms with E-state index in [1.54, 1.807) is 6.92 Å². The maximum Gasteiger partial charge on any atom is 0.253 e. The number of aromatic nitrogens is 1. The van der Waals surface area contributed by atoms with Gasteiger partial charge < -0.3 is 10.1 Å². The summed E-state index contributed by atoms with van der Waals surface area (Å²) in [5, 5.41) is 2.54. The van der Waals surface area contributed by atoms with E-state index in [9.17, 15) is 26.4 Å². The molecule has 11 heteroatoms. The maximum atomic E-state index is 12.4. The van der Waals surface area contributed by atoms with Crippen LogP contribution in [-0.2, 0) is 31.2 Å². The van der Waals surface area contributed by atoms with Crippen LogP contribution in [0.1, 0.15) is 29.4 Å². The second kappa shape index (κ2) is 9.25. The molecular weight excluding hydrogens is 418 g/mol. The van der Waals surface area contributed by atoms with E-state index in [4.69, 9.17) is 0 Å². The average molecular weight is 440 g/mol. The Kier molecular flexibility index (Phi) is 7.22. The summed E-state index contributed by atoms with van der Waals surface area (Å²) >= 11 is 0. The number of hydrogen-bond acceptors (Lipinski definition) is 7. The molecule has 1 amide bonds. The van der Waals surface area contributed by atoms with E-state index in [1.165, 1.54) is 36.5 Å². The van der Waals surface area contributed by atoms with Crippen LogP contribution in [-0.4, -0.2) is 46.3 Å². The van der Waals surface area contributed by atoms with Crippen LogP contribution in [0.2, 0.25) is 0 Å². The normalized spacial score (nSPS) is 12.9. The summed E-state index contributed by atoms with van der Waals surface area (Å²) in [6.07, 6.45) is 3.38. The minimum absolute atomic E-state index is 0.102. The number of hydrogen-bond donors (Lipinski definition) is 2. The van der Waals surface area contributed by atoms with Crippen LogP contribution >= 0.6 is 0 Å². The Labute approximate surface area is 169 Å².